The average Bonchev–Trinajstić information content (AvgIpc) is 3.37. The monoisotopic (exact) mass is 704 g/mol. The number of ether oxygens (including phenoxy) is 3. The third kappa shape index (κ3) is 13.0. The number of hydrogen-bond donors (Lipinski definition) is 3. The number of carbonyl (C=O) groups is 2. The Morgan fingerprint density at radius 1 is 1.06 bits per heavy atom. The van der Waals surface area contributed by atoms with E-state index < -0.39 is 29.3 Å². The summed E-state index contributed by atoms with van der Waals surface area (Å²) in [5.41, 5.74) is 10.4. The number of fused-ring (bicyclic) bond motifs is 1. The van der Waals surface area contributed by atoms with Crippen LogP contribution < -0.4 is 11.1 Å². The Bertz CT molecular complexity index is 1360. The molecule has 1 fully saturated rings. The summed E-state index contributed by atoms with van der Waals surface area (Å²) in [6.07, 6.45) is 5.62. The Hall–Kier alpha value is -3.42. The van der Waals surface area contributed by atoms with E-state index >= 15 is 0 Å². The lowest BCUT2D eigenvalue weighted by molar-refractivity contribution is -0.757. The van der Waals surface area contributed by atoms with Crippen molar-refractivity contribution < 1.29 is 38.8 Å². The highest BCUT2D eigenvalue weighted by Crippen LogP contribution is 2.29. The number of carbonyl (C=O) groups excluding carboxylic acids is 2. The number of aliphatic hydroxyl groups is 1. The fourth-order valence-electron chi connectivity index (χ4n) is 6.89. The summed E-state index contributed by atoms with van der Waals surface area (Å²) in [5.74, 6) is 0.148. The molecule has 0 saturated heterocycles. The molecule has 2 aromatic rings. The zero-order valence-electron chi connectivity index (χ0n) is 30.8. The molecule has 50 heavy (non-hydrogen) atoms. The van der Waals surface area contributed by atoms with Crippen LogP contribution in [0.3, 0.4) is 0 Å². The van der Waals surface area contributed by atoms with Gasteiger partial charge in [0.25, 0.3) is 5.09 Å². The molecule has 0 spiro atoms. The van der Waals surface area contributed by atoms with Crippen LogP contribution in [0.1, 0.15) is 90.2 Å². The van der Waals surface area contributed by atoms with E-state index in [1.54, 1.807) is 7.11 Å². The van der Waals surface area contributed by atoms with Crippen LogP contribution in [0.2, 0.25) is 0 Å². The van der Waals surface area contributed by atoms with Gasteiger partial charge < -0.3 is 39.8 Å². The van der Waals surface area contributed by atoms with Crippen molar-refractivity contribution in [2.24, 2.45) is 29.4 Å². The molecule has 0 bridgehead atoms. The van der Waals surface area contributed by atoms with Crippen molar-refractivity contribution in [2.45, 2.75) is 123 Å². The van der Waals surface area contributed by atoms with Crippen molar-refractivity contribution in [2.75, 3.05) is 26.9 Å². The number of nitrogens with two attached hydrogens (primary N) is 1. The average molecular weight is 705 g/mol. The second kappa shape index (κ2) is 20.4. The lowest BCUT2D eigenvalue weighted by Gasteiger charge is -2.32. The predicted molar refractivity (Wildman–Crippen MR) is 191 cm³/mol. The second-order valence-corrected chi connectivity index (χ2v) is 14.6. The highest BCUT2D eigenvalue weighted by molar-refractivity contribution is 5.84. The molecule has 4 N–H and O–H groups in total. The number of aliphatic hydroxyl groups excluding tert-OH is 1. The standard InChI is InChI=1S/C37H60N4O9/c1-24(2)28(19-27-9-14-31-26(5)23-40(34(31)20-27)15-7-16-47-6)21-33(38)35(42)22-32(25(3)4)36(43)39-29-10-12-30(13-11-29)50-37(44)48-17-8-18-49-41(45)46/h9,14,20,23-25,28-30,32-33,35,42H,7-8,10-13,15-19,21-22,38H2,1-6H3,(H,39,43)/t28-,29?,30?,32-,33-,35-/m0/s1. The van der Waals surface area contributed by atoms with Gasteiger partial charge in [0, 0.05) is 61.8 Å². The first-order valence-corrected chi connectivity index (χ1v) is 18.2. The summed E-state index contributed by atoms with van der Waals surface area (Å²) in [5, 5.41) is 25.0. The van der Waals surface area contributed by atoms with Gasteiger partial charge >= 0.3 is 6.16 Å². The summed E-state index contributed by atoms with van der Waals surface area (Å²) in [6, 6.07) is 6.18. The summed E-state index contributed by atoms with van der Waals surface area (Å²) in [6.45, 7) is 11.9. The molecule has 0 unspecified atom stereocenters. The van der Waals surface area contributed by atoms with Crippen molar-refractivity contribution in [3.63, 3.8) is 0 Å². The minimum absolute atomic E-state index is 0.0123. The van der Waals surface area contributed by atoms with Crippen LogP contribution in [-0.4, -0.2) is 78.0 Å². The fraction of sp³-hybridized carbons (Fsp3) is 0.730. The molecular formula is C37H60N4O9. The highest BCUT2D eigenvalue weighted by atomic mass is 16.9. The summed E-state index contributed by atoms with van der Waals surface area (Å²) >= 11 is 0. The predicted octanol–water partition coefficient (Wildman–Crippen LogP) is 5.72. The molecule has 13 nitrogen and oxygen atoms in total. The van der Waals surface area contributed by atoms with Crippen LogP contribution in [0.5, 0.6) is 0 Å². The van der Waals surface area contributed by atoms with E-state index in [4.69, 9.17) is 19.9 Å². The van der Waals surface area contributed by atoms with E-state index in [9.17, 15) is 24.8 Å². The minimum Gasteiger partial charge on any atom is -0.434 e. The number of aromatic nitrogens is 1. The Morgan fingerprint density at radius 3 is 2.42 bits per heavy atom. The largest absolute Gasteiger partial charge is 0.508 e. The molecule has 1 saturated carbocycles. The first-order chi connectivity index (χ1) is 23.8. The van der Waals surface area contributed by atoms with Crippen molar-refractivity contribution in [1.82, 2.24) is 9.88 Å². The number of amides is 1. The third-order valence-corrected chi connectivity index (χ3v) is 10.0. The molecular weight excluding hydrogens is 644 g/mol. The number of aryl methyl sites for hydroxylation is 2. The molecule has 1 aromatic heterocycles. The Balaban J connectivity index is 1.49. The highest BCUT2D eigenvalue weighted by Gasteiger charge is 2.32. The topological polar surface area (TPSA) is 177 Å². The van der Waals surface area contributed by atoms with Gasteiger partial charge in [-0.05, 0) is 93.2 Å². The van der Waals surface area contributed by atoms with Gasteiger partial charge in [0.1, 0.15) is 6.10 Å². The Kier molecular flexibility index (Phi) is 16.8. The zero-order chi connectivity index (χ0) is 36.8. The number of methoxy groups -OCH3 is 1. The van der Waals surface area contributed by atoms with Crippen molar-refractivity contribution in [3.8, 4) is 0 Å². The lowest BCUT2D eigenvalue weighted by atomic mass is 9.80. The maximum atomic E-state index is 13.4. The van der Waals surface area contributed by atoms with Gasteiger partial charge in [-0.3, -0.25) is 4.79 Å². The van der Waals surface area contributed by atoms with Gasteiger partial charge in [-0.15, -0.1) is 10.1 Å². The Morgan fingerprint density at radius 2 is 1.78 bits per heavy atom. The van der Waals surface area contributed by atoms with Gasteiger partial charge in [-0.2, -0.15) is 0 Å². The summed E-state index contributed by atoms with van der Waals surface area (Å²) in [7, 11) is 1.73. The van der Waals surface area contributed by atoms with E-state index in [1.165, 1.54) is 22.0 Å². The molecule has 13 heteroatoms. The van der Waals surface area contributed by atoms with Crippen LogP contribution in [0.15, 0.2) is 24.4 Å². The summed E-state index contributed by atoms with van der Waals surface area (Å²) < 4.78 is 17.9. The smallest absolute Gasteiger partial charge is 0.434 e. The van der Waals surface area contributed by atoms with E-state index in [0.717, 1.165) is 26.0 Å². The quantitative estimate of drug-likeness (QED) is 0.0630. The van der Waals surface area contributed by atoms with Crippen LogP contribution in [0, 0.1) is 40.7 Å². The van der Waals surface area contributed by atoms with E-state index in [0.29, 0.717) is 38.0 Å². The van der Waals surface area contributed by atoms with Crippen molar-refractivity contribution >= 4 is 23.0 Å². The van der Waals surface area contributed by atoms with E-state index in [2.05, 4.69) is 59.9 Å². The maximum absolute atomic E-state index is 13.4. The molecule has 1 aliphatic carbocycles. The first-order valence-electron chi connectivity index (χ1n) is 18.2. The zero-order valence-corrected chi connectivity index (χ0v) is 30.8. The number of rotatable bonds is 21. The normalized spacial score (nSPS) is 18.8. The third-order valence-electron chi connectivity index (χ3n) is 10.0. The molecule has 1 aliphatic rings. The van der Waals surface area contributed by atoms with E-state index in [1.807, 2.05) is 13.8 Å². The van der Waals surface area contributed by atoms with Crippen LogP contribution in [0.25, 0.3) is 10.9 Å². The van der Waals surface area contributed by atoms with Crippen LogP contribution in [-0.2, 0) is 36.8 Å². The molecule has 1 amide bonds. The van der Waals surface area contributed by atoms with Gasteiger partial charge in [0.15, 0.2) is 0 Å². The van der Waals surface area contributed by atoms with Crippen molar-refractivity contribution in [3.05, 3.63) is 45.6 Å². The lowest BCUT2D eigenvalue weighted by Crippen LogP contribution is -2.46. The van der Waals surface area contributed by atoms with Gasteiger partial charge in [-0.25, -0.2) is 4.79 Å². The molecule has 282 valence electrons. The first kappa shape index (κ1) is 41.0. The van der Waals surface area contributed by atoms with Crippen LogP contribution in [0.4, 0.5) is 4.79 Å². The number of nitrogens with zero attached hydrogens (tertiary/aromatic N) is 2. The molecule has 1 aromatic carbocycles. The minimum atomic E-state index is -0.895. The summed E-state index contributed by atoms with van der Waals surface area (Å²) in [4.78, 5) is 39.8. The second-order valence-electron chi connectivity index (χ2n) is 14.6. The SMILES string of the molecule is COCCCn1cc(C)c2ccc(C[C@@H](C[C@H](N)[C@@H](O)C[C@H](C(=O)NC3CCC(OC(=O)OCCCO[N+](=O)[O-])CC3)C(C)C)C(C)C)cc21. The van der Waals surface area contributed by atoms with Gasteiger partial charge in [0.05, 0.1) is 19.3 Å². The van der Waals surface area contributed by atoms with Crippen molar-refractivity contribution in [1.29, 1.82) is 0 Å². The molecule has 3 rings (SSSR count). The van der Waals surface area contributed by atoms with Gasteiger partial charge in [-0.1, -0.05) is 39.8 Å². The van der Waals surface area contributed by atoms with Gasteiger partial charge in [0.2, 0.25) is 5.91 Å². The maximum Gasteiger partial charge on any atom is 0.508 e. The fourth-order valence-corrected chi connectivity index (χ4v) is 6.89. The van der Waals surface area contributed by atoms with Crippen LogP contribution >= 0.6 is 0 Å². The number of benzene rings is 1. The molecule has 0 aliphatic heterocycles. The Labute approximate surface area is 296 Å². The molecule has 1 heterocycles. The molecule has 4 atom stereocenters. The number of nitrogens with one attached hydrogen (secondary N) is 1. The number of hydrogen-bond acceptors (Lipinski definition) is 10. The molecule has 0 radical (unpaired) electrons. The van der Waals surface area contributed by atoms with E-state index in [-0.39, 0.29) is 55.9 Å².